The number of hydrogen-bond donors (Lipinski definition) is 2. The first-order valence-corrected chi connectivity index (χ1v) is 11.0. The van der Waals surface area contributed by atoms with E-state index in [1.54, 1.807) is 0 Å². The third-order valence-corrected chi connectivity index (χ3v) is 11.0. The van der Waals surface area contributed by atoms with Gasteiger partial charge in [0.15, 0.2) is 0 Å². The van der Waals surface area contributed by atoms with Gasteiger partial charge >= 0.3 is 5.97 Å². The largest absolute Gasteiger partial charge is 0.481 e. The lowest BCUT2D eigenvalue weighted by Crippen LogP contribution is -2.81. The van der Waals surface area contributed by atoms with E-state index >= 15 is 0 Å². The van der Waals surface area contributed by atoms with Crippen LogP contribution in [0.5, 0.6) is 0 Å². The van der Waals surface area contributed by atoms with Crippen LogP contribution in [0.2, 0.25) is 0 Å². The van der Waals surface area contributed by atoms with Crippen molar-refractivity contribution in [1.82, 2.24) is 4.90 Å². The van der Waals surface area contributed by atoms with Gasteiger partial charge in [0.1, 0.15) is 0 Å². The van der Waals surface area contributed by atoms with Crippen LogP contribution in [-0.4, -0.2) is 45.3 Å². The minimum absolute atomic E-state index is 0.00949. The van der Waals surface area contributed by atoms with E-state index in [0.717, 1.165) is 31.7 Å². The molecule has 6 bridgehead atoms. The predicted octanol–water partition coefficient (Wildman–Crippen LogP) is 3.28. The summed E-state index contributed by atoms with van der Waals surface area (Å²) in [6, 6.07) is 0.868. The molecule has 0 radical (unpaired) electrons. The molecule has 9 unspecified atom stereocenters. The lowest BCUT2D eigenvalue weighted by atomic mass is 9.33. The zero-order chi connectivity index (χ0) is 18.1. The van der Waals surface area contributed by atoms with Gasteiger partial charge in [-0.3, -0.25) is 9.69 Å². The second-order valence-corrected chi connectivity index (χ2v) is 11.1. The summed E-state index contributed by atoms with van der Waals surface area (Å²) in [7, 11) is 0. The van der Waals surface area contributed by atoms with Crippen molar-refractivity contribution in [3.8, 4) is 0 Å². The van der Waals surface area contributed by atoms with Crippen LogP contribution in [0.25, 0.3) is 0 Å². The molecule has 0 amide bonds. The Morgan fingerprint density at radius 2 is 2.00 bits per heavy atom. The molecular weight excluding hydrogens is 326 g/mol. The van der Waals surface area contributed by atoms with Crippen LogP contribution in [-0.2, 0) is 4.79 Å². The quantitative estimate of drug-likeness (QED) is 0.812. The highest BCUT2D eigenvalue weighted by Crippen LogP contribution is 2.84. The van der Waals surface area contributed by atoms with Gasteiger partial charge in [0.25, 0.3) is 0 Å². The highest BCUT2D eigenvalue weighted by Gasteiger charge is 2.85. The van der Waals surface area contributed by atoms with Gasteiger partial charge in [0.2, 0.25) is 0 Å². The predicted molar refractivity (Wildman–Crippen MR) is 97.5 cm³/mol. The highest BCUT2D eigenvalue weighted by atomic mass is 16.4. The third kappa shape index (κ3) is 1.37. The van der Waals surface area contributed by atoms with Gasteiger partial charge in [0.05, 0.1) is 5.60 Å². The first kappa shape index (κ1) is 16.4. The second kappa shape index (κ2) is 4.51. The summed E-state index contributed by atoms with van der Waals surface area (Å²) in [6.45, 7) is 5.79. The monoisotopic (exact) mass is 359 g/mol. The number of rotatable bonds is 3. The van der Waals surface area contributed by atoms with E-state index in [1.165, 1.54) is 32.1 Å². The topological polar surface area (TPSA) is 60.8 Å². The van der Waals surface area contributed by atoms with Crippen molar-refractivity contribution < 1.29 is 15.0 Å². The van der Waals surface area contributed by atoms with E-state index in [9.17, 15) is 15.0 Å². The fourth-order valence-corrected chi connectivity index (χ4v) is 10.4. The Hall–Kier alpha value is -0.610. The normalized spacial score (nSPS) is 61.9. The smallest absolute Gasteiger partial charge is 0.303 e. The maximum atomic E-state index is 11.9. The Bertz CT molecular complexity index is 695. The Labute approximate surface area is 156 Å². The number of carboxylic acids is 1. The zero-order valence-electron chi connectivity index (χ0n) is 16.2. The lowest BCUT2D eigenvalue weighted by molar-refractivity contribution is -0.308. The van der Waals surface area contributed by atoms with E-state index in [4.69, 9.17) is 0 Å². The van der Waals surface area contributed by atoms with Crippen molar-refractivity contribution in [1.29, 1.82) is 0 Å². The fraction of sp³-hybridized carbons (Fsp3) is 0.955. The molecule has 4 aliphatic carbocycles. The van der Waals surface area contributed by atoms with Gasteiger partial charge in [-0.25, -0.2) is 0 Å². The van der Waals surface area contributed by atoms with Gasteiger partial charge in [-0.2, -0.15) is 0 Å². The van der Waals surface area contributed by atoms with Gasteiger partial charge in [-0.15, -0.1) is 0 Å². The minimum atomic E-state index is -0.657. The van der Waals surface area contributed by atoms with Crippen LogP contribution >= 0.6 is 0 Å². The summed E-state index contributed by atoms with van der Waals surface area (Å²) < 4.78 is 0. The van der Waals surface area contributed by atoms with E-state index in [2.05, 4.69) is 18.7 Å². The maximum absolute atomic E-state index is 11.9. The minimum Gasteiger partial charge on any atom is -0.481 e. The van der Waals surface area contributed by atoms with E-state index in [1.807, 2.05) is 0 Å². The summed E-state index contributed by atoms with van der Waals surface area (Å²) >= 11 is 0. The molecule has 4 heteroatoms. The molecule has 4 saturated carbocycles. The fourth-order valence-electron chi connectivity index (χ4n) is 10.4. The molecule has 3 aliphatic heterocycles. The maximum Gasteiger partial charge on any atom is 0.303 e. The molecular formula is C22H33NO3. The number of hydrogen-bond acceptors (Lipinski definition) is 3. The van der Waals surface area contributed by atoms with Crippen molar-refractivity contribution >= 4 is 5.97 Å². The summed E-state index contributed by atoms with van der Waals surface area (Å²) in [5.41, 5.74) is 0.0664. The molecule has 0 aromatic rings. The molecule has 1 spiro atoms. The molecule has 7 rings (SSSR count). The van der Waals surface area contributed by atoms with Crippen molar-refractivity contribution in [3.05, 3.63) is 0 Å². The average molecular weight is 360 g/mol. The van der Waals surface area contributed by atoms with Crippen molar-refractivity contribution in [2.45, 2.75) is 89.3 Å². The average Bonchev–Trinajstić information content (AvgIpc) is 3.25. The van der Waals surface area contributed by atoms with Crippen molar-refractivity contribution in [2.75, 3.05) is 6.54 Å². The number of aliphatic hydroxyl groups is 1. The Morgan fingerprint density at radius 3 is 2.77 bits per heavy atom. The van der Waals surface area contributed by atoms with Crippen LogP contribution in [0.15, 0.2) is 0 Å². The summed E-state index contributed by atoms with van der Waals surface area (Å²) in [5, 5.41) is 21.5. The van der Waals surface area contributed by atoms with Gasteiger partial charge in [0, 0.05) is 25.0 Å². The molecule has 2 N–H and O–H groups in total. The zero-order valence-corrected chi connectivity index (χ0v) is 16.2. The molecule has 0 aromatic carbocycles. The van der Waals surface area contributed by atoms with Crippen molar-refractivity contribution in [3.63, 3.8) is 0 Å². The van der Waals surface area contributed by atoms with E-state index in [0.29, 0.717) is 23.3 Å². The van der Waals surface area contributed by atoms with Crippen LogP contribution in [0.4, 0.5) is 0 Å². The Balaban J connectivity index is 1.62. The molecule has 0 aromatic heterocycles. The molecule has 3 heterocycles. The van der Waals surface area contributed by atoms with E-state index < -0.39 is 11.6 Å². The number of piperidine rings is 2. The highest BCUT2D eigenvalue weighted by molar-refractivity contribution is 5.67. The molecule has 3 saturated heterocycles. The molecule has 7 fully saturated rings. The van der Waals surface area contributed by atoms with E-state index in [-0.39, 0.29) is 23.3 Å². The first-order valence-electron chi connectivity index (χ1n) is 11.0. The van der Waals surface area contributed by atoms with Gasteiger partial charge in [-0.05, 0) is 78.9 Å². The Morgan fingerprint density at radius 1 is 1.19 bits per heavy atom. The molecule has 144 valence electrons. The van der Waals surface area contributed by atoms with Crippen LogP contribution < -0.4 is 0 Å². The molecule has 4 nitrogen and oxygen atoms in total. The molecule has 26 heavy (non-hydrogen) atoms. The lowest BCUT2D eigenvalue weighted by Gasteiger charge is -2.77. The SMILES string of the molecule is CC1CN2C3C4CCC35CCCC5C3(CCC(=O)O)C2C1(O)CCC43C. The van der Waals surface area contributed by atoms with Gasteiger partial charge in [-0.1, -0.05) is 20.3 Å². The summed E-state index contributed by atoms with van der Waals surface area (Å²) in [4.78, 5) is 14.4. The second-order valence-electron chi connectivity index (χ2n) is 11.1. The summed E-state index contributed by atoms with van der Waals surface area (Å²) in [6.07, 6.45) is 9.70. The third-order valence-electron chi connectivity index (χ3n) is 11.0. The number of carboxylic acid groups (broad SMARTS) is 1. The van der Waals surface area contributed by atoms with Crippen LogP contribution in [0, 0.1) is 34.0 Å². The molecule has 7 aliphatic rings. The number of aliphatic carboxylic acids is 1. The standard InChI is InChI=1S/C22H33NO3/c1-13-12-23-17-14-5-8-20(17)7-3-4-15(20)21(9-6-16(24)25)18(23)22(13,26)11-10-19(14,21)2/h13-15,17-18,26H,3-12H2,1-2H3,(H,24,25). The number of carbonyl (C=O) groups is 1. The number of nitrogens with zero attached hydrogens (tertiary/aromatic N) is 1. The van der Waals surface area contributed by atoms with Crippen LogP contribution in [0.3, 0.4) is 0 Å². The van der Waals surface area contributed by atoms with Crippen LogP contribution in [0.1, 0.15) is 71.6 Å². The molecule has 9 atom stereocenters. The summed E-state index contributed by atoms with van der Waals surface area (Å²) in [5.74, 6) is 1.02. The Kier molecular flexibility index (Phi) is 2.84. The van der Waals surface area contributed by atoms with Gasteiger partial charge < -0.3 is 10.2 Å². The first-order chi connectivity index (χ1) is 12.3. The van der Waals surface area contributed by atoms with Crippen molar-refractivity contribution in [2.24, 2.45) is 34.0 Å².